The summed E-state index contributed by atoms with van der Waals surface area (Å²) in [6.07, 6.45) is -0.432. The summed E-state index contributed by atoms with van der Waals surface area (Å²) < 4.78 is 5.26. The van der Waals surface area contributed by atoms with Crippen LogP contribution in [0.2, 0.25) is 0 Å². The first-order valence-corrected chi connectivity index (χ1v) is 12.6. The Labute approximate surface area is 208 Å². The van der Waals surface area contributed by atoms with E-state index < -0.39 is 29.8 Å². The van der Waals surface area contributed by atoms with E-state index >= 15 is 0 Å². The first-order valence-electron chi connectivity index (χ1n) is 10.6. The van der Waals surface area contributed by atoms with Crippen LogP contribution in [0.3, 0.4) is 0 Å². The van der Waals surface area contributed by atoms with Crippen LogP contribution in [0, 0.1) is 5.41 Å². The SMILES string of the molecule is CC(=O)N(c1ccccc1CN)C1C(=O)N2CC(CSc3nnc(CC(=O)O)o3)(C(=O)O)CS[C@H]12. The topological polar surface area (TPSA) is 180 Å². The molecular weight excluding hydrogens is 498 g/mol. The molecule has 0 bridgehead atoms. The number of benzene rings is 1. The van der Waals surface area contributed by atoms with Gasteiger partial charge in [0.2, 0.25) is 17.7 Å². The van der Waals surface area contributed by atoms with E-state index in [1.165, 1.54) is 28.5 Å². The third kappa shape index (κ3) is 4.73. The summed E-state index contributed by atoms with van der Waals surface area (Å²) in [5.74, 6) is -2.68. The third-order valence-electron chi connectivity index (χ3n) is 5.88. The van der Waals surface area contributed by atoms with Crippen LogP contribution in [0.15, 0.2) is 33.9 Å². The lowest BCUT2D eigenvalue weighted by Crippen LogP contribution is -2.74. The van der Waals surface area contributed by atoms with Gasteiger partial charge in [-0.15, -0.1) is 22.0 Å². The van der Waals surface area contributed by atoms with Crippen molar-refractivity contribution in [2.45, 2.75) is 36.5 Å². The van der Waals surface area contributed by atoms with Gasteiger partial charge in [-0.25, -0.2) is 0 Å². The molecule has 186 valence electrons. The Morgan fingerprint density at radius 1 is 1.31 bits per heavy atom. The number of para-hydroxylation sites is 1. The maximum Gasteiger partial charge on any atom is 0.313 e. The van der Waals surface area contributed by atoms with Gasteiger partial charge in [-0.1, -0.05) is 30.0 Å². The monoisotopic (exact) mass is 521 g/mol. The maximum atomic E-state index is 13.2. The number of carbonyl (C=O) groups is 4. The fraction of sp³-hybridized carbons (Fsp3) is 0.429. The molecule has 35 heavy (non-hydrogen) atoms. The highest BCUT2D eigenvalue weighted by Gasteiger charge is 2.59. The van der Waals surface area contributed by atoms with Crippen LogP contribution in [0.25, 0.3) is 0 Å². The van der Waals surface area contributed by atoms with Gasteiger partial charge in [-0.3, -0.25) is 24.1 Å². The van der Waals surface area contributed by atoms with Crippen molar-refractivity contribution in [1.82, 2.24) is 15.1 Å². The van der Waals surface area contributed by atoms with Crippen molar-refractivity contribution in [3.05, 3.63) is 35.7 Å². The molecule has 1 aromatic carbocycles. The molecule has 12 nitrogen and oxygen atoms in total. The number of thioether (sulfide) groups is 2. The molecule has 3 heterocycles. The molecule has 2 amide bonds. The Morgan fingerprint density at radius 3 is 2.71 bits per heavy atom. The number of rotatable bonds is 9. The molecule has 0 spiro atoms. The number of anilines is 1. The Kier molecular flexibility index (Phi) is 7.05. The second kappa shape index (κ2) is 9.87. The Balaban J connectivity index is 1.50. The second-order valence-electron chi connectivity index (χ2n) is 8.24. The first kappa shape index (κ1) is 25.0. The van der Waals surface area contributed by atoms with Crippen molar-refractivity contribution in [2.75, 3.05) is 23.0 Å². The Hall–Kier alpha value is -3.10. The lowest BCUT2D eigenvalue weighted by atomic mass is 9.89. The van der Waals surface area contributed by atoms with Gasteiger partial charge in [0, 0.05) is 37.2 Å². The second-order valence-corrected chi connectivity index (χ2v) is 10.3. The van der Waals surface area contributed by atoms with E-state index in [9.17, 15) is 24.3 Å². The molecule has 0 saturated carbocycles. The van der Waals surface area contributed by atoms with Gasteiger partial charge in [0.25, 0.3) is 5.22 Å². The summed E-state index contributed by atoms with van der Waals surface area (Å²) in [6.45, 7) is 1.55. The molecule has 2 fully saturated rings. The summed E-state index contributed by atoms with van der Waals surface area (Å²) in [5, 5.41) is 25.9. The molecule has 2 aliphatic heterocycles. The van der Waals surface area contributed by atoms with E-state index in [0.29, 0.717) is 5.69 Å². The number of carboxylic acids is 2. The van der Waals surface area contributed by atoms with Gasteiger partial charge in [-0.2, -0.15) is 0 Å². The Morgan fingerprint density at radius 2 is 2.06 bits per heavy atom. The van der Waals surface area contributed by atoms with Crippen LogP contribution in [0.1, 0.15) is 18.4 Å². The van der Waals surface area contributed by atoms with Gasteiger partial charge in [0.05, 0.1) is 0 Å². The molecule has 2 unspecified atom stereocenters. The van der Waals surface area contributed by atoms with Gasteiger partial charge in [0.15, 0.2) is 0 Å². The molecule has 0 radical (unpaired) electrons. The predicted octanol–water partition coefficient (Wildman–Crippen LogP) is 0.655. The average molecular weight is 522 g/mol. The quantitative estimate of drug-likeness (QED) is 0.310. The zero-order chi connectivity index (χ0) is 25.3. The fourth-order valence-electron chi connectivity index (χ4n) is 4.12. The summed E-state index contributed by atoms with van der Waals surface area (Å²) in [7, 11) is 0. The number of β-lactam (4-membered cyclic amide) rings is 1. The smallest absolute Gasteiger partial charge is 0.313 e. The highest BCUT2D eigenvalue weighted by molar-refractivity contribution is 8.00. The lowest BCUT2D eigenvalue weighted by Gasteiger charge is -2.56. The van der Waals surface area contributed by atoms with Crippen molar-refractivity contribution in [3.63, 3.8) is 0 Å². The maximum absolute atomic E-state index is 13.2. The molecule has 2 saturated heterocycles. The fourth-order valence-corrected chi connectivity index (χ4v) is 6.80. The summed E-state index contributed by atoms with van der Waals surface area (Å²) in [4.78, 5) is 51.8. The van der Waals surface area contributed by atoms with Crippen LogP contribution in [0.5, 0.6) is 0 Å². The van der Waals surface area contributed by atoms with Crippen LogP contribution < -0.4 is 10.6 Å². The van der Waals surface area contributed by atoms with Gasteiger partial charge in [-0.05, 0) is 11.6 Å². The zero-order valence-corrected chi connectivity index (χ0v) is 20.3. The number of aromatic nitrogens is 2. The van der Waals surface area contributed by atoms with Crippen molar-refractivity contribution in [3.8, 4) is 0 Å². The number of amides is 2. The number of nitrogens with zero attached hydrogens (tertiary/aromatic N) is 4. The number of carbonyl (C=O) groups excluding carboxylic acids is 2. The minimum atomic E-state index is -1.29. The van der Waals surface area contributed by atoms with E-state index in [1.807, 2.05) is 0 Å². The molecule has 0 aliphatic carbocycles. The molecule has 2 aromatic rings. The van der Waals surface area contributed by atoms with Gasteiger partial charge < -0.3 is 25.3 Å². The number of carboxylic acid groups (broad SMARTS) is 2. The summed E-state index contributed by atoms with van der Waals surface area (Å²) in [6, 6.07) is 6.37. The standard InChI is InChI=1S/C21H23N5O7S2/c1-11(27)26(13-5-3-2-4-12(13)7-22)16-17(30)25-8-21(19(31)32,9-34-18(16)25)10-35-20-24-23-14(33-20)6-15(28)29/h2-5,16,18H,6-10,22H2,1H3,(H,28,29)(H,31,32)/t16?,18-,21?/m1/s1. The van der Waals surface area contributed by atoms with E-state index in [2.05, 4.69) is 10.2 Å². The number of hydrogen-bond acceptors (Lipinski definition) is 10. The van der Waals surface area contributed by atoms with E-state index in [0.717, 1.165) is 17.3 Å². The minimum Gasteiger partial charge on any atom is -0.481 e. The number of aliphatic carboxylic acids is 2. The number of hydrogen-bond donors (Lipinski definition) is 3. The summed E-state index contributed by atoms with van der Waals surface area (Å²) in [5.41, 5.74) is 5.85. The zero-order valence-electron chi connectivity index (χ0n) is 18.6. The van der Waals surface area contributed by atoms with Gasteiger partial charge >= 0.3 is 11.9 Å². The first-order chi connectivity index (χ1) is 16.7. The minimum absolute atomic E-state index is 0.0390. The Bertz CT molecular complexity index is 1170. The molecule has 4 N–H and O–H groups in total. The van der Waals surface area contributed by atoms with Crippen LogP contribution in [0.4, 0.5) is 5.69 Å². The molecule has 2 aliphatic rings. The van der Waals surface area contributed by atoms with E-state index in [-0.39, 0.29) is 52.9 Å². The van der Waals surface area contributed by atoms with Crippen LogP contribution >= 0.6 is 23.5 Å². The van der Waals surface area contributed by atoms with Crippen LogP contribution in [-0.4, -0.2) is 78.5 Å². The number of nitrogens with two attached hydrogens (primary N) is 1. The molecule has 4 rings (SSSR count). The molecule has 1 aromatic heterocycles. The summed E-state index contributed by atoms with van der Waals surface area (Å²) >= 11 is 2.30. The highest BCUT2D eigenvalue weighted by atomic mass is 32.2. The third-order valence-corrected chi connectivity index (χ3v) is 8.56. The largest absolute Gasteiger partial charge is 0.481 e. The van der Waals surface area contributed by atoms with Crippen molar-refractivity contribution in [1.29, 1.82) is 0 Å². The molecule has 14 heteroatoms. The van der Waals surface area contributed by atoms with E-state index in [4.69, 9.17) is 15.3 Å². The molecule has 3 atom stereocenters. The molecular formula is C21H23N5O7S2. The van der Waals surface area contributed by atoms with Gasteiger partial charge in [0.1, 0.15) is 23.3 Å². The highest BCUT2D eigenvalue weighted by Crippen LogP contribution is 2.46. The normalized spacial score (nSPS) is 23.4. The van der Waals surface area contributed by atoms with Crippen molar-refractivity contribution in [2.24, 2.45) is 11.1 Å². The van der Waals surface area contributed by atoms with Crippen molar-refractivity contribution < 1.29 is 33.8 Å². The van der Waals surface area contributed by atoms with Crippen LogP contribution in [-0.2, 0) is 32.1 Å². The predicted molar refractivity (Wildman–Crippen MR) is 126 cm³/mol. The lowest BCUT2D eigenvalue weighted by molar-refractivity contribution is -0.156. The van der Waals surface area contributed by atoms with E-state index in [1.54, 1.807) is 24.3 Å². The average Bonchev–Trinajstić information content (AvgIpc) is 3.27. The number of fused-ring (bicyclic) bond motifs is 1. The van der Waals surface area contributed by atoms with Crippen molar-refractivity contribution >= 4 is 53.0 Å².